The zero-order chi connectivity index (χ0) is 24.3. The monoisotopic (exact) mass is 478 g/mol. The molecule has 4 N–H and O–H groups in total. The lowest BCUT2D eigenvalue weighted by Crippen LogP contribution is -2.15. The fraction of sp³-hybridized carbons (Fsp3) is 0.0833. The Morgan fingerprint density at radius 3 is 2.15 bits per heavy atom. The van der Waals surface area contributed by atoms with E-state index in [9.17, 15) is 13.5 Å². The van der Waals surface area contributed by atoms with Gasteiger partial charge < -0.3 is 20.3 Å². The van der Waals surface area contributed by atoms with Crippen LogP contribution in [0.5, 0.6) is 17.2 Å². The Kier molecular flexibility index (Phi) is 6.24. The van der Waals surface area contributed by atoms with E-state index >= 15 is 0 Å². The molecule has 9 nitrogen and oxygen atoms in total. The van der Waals surface area contributed by atoms with Gasteiger partial charge in [-0.15, -0.1) is 0 Å². The Labute approximate surface area is 196 Å². The van der Waals surface area contributed by atoms with E-state index in [0.29, 0.717) is 34.0 Å². The Morgan fingerprint density at radius 2 is 1.53 bits per heavy atom. The van der Waals surface area contributed by atoms with Crippen LogP contribution in [0.25, 0.3) is 22.4 Å². The highest BCUT2D eigenvalue weighted by Gasteiger charge is 2.20. The molecule has 4 aromatic rings. The van der Waals surface area contributed by atoms with Crippen molar-refractivity contribution >= 4 is 21.7 Å². The molecule has 1 heterocycles. The van der Waals surface area contributed by atoms with Crippen molar-refractivity contribution in [2.45, 2.75) is 4.90 Å². The average molecular weight is 479 g/mol. The second-order valence-electron chi connectivity index (χ2n) is 7.24. The number of methoxy groups -OCH3 is 2. The van der Waals surface area contributed by atoms with E-state index in [0.717, 1.165) is 5.56 Å². The number of nitrogens with zero attached hydrogens (tertiary/aromatic N) is 2. The van der Waals surface area contributed by atoms with Crippen molar-refractivity contribution in [3.8, 4) is 39.6 Å². The van der Waals surface area contributed by atoms with Crippen LogP contribution < -0.4 is 19.9 Å². The van der Waals surface area contributed by atoms with Gasteiger partial charge in [0.25, 0.3) is 10.0 Å². The number of phenols is 1. The second kappa shape index (κ2) is 9.28. The number of hydrogen-bond acceptors (Lipinski definition) is 8. The fourth-order valence-electron chi connectivity index (χ4n) is 3.28. The number of benzene rings is 3. The van der Waals surface area contributed by atoms with E-state index in [1.165, 1.54) is 43.6 Å². The first-order valence-corrected chi connectivity index (χ1v) is 11.6. The molecule has 0 aliphatic carbocycles. The van der Waals surface area contributed by atoms with Crippen LogP contribution >= 0.6 is 0 Å². The smallest absolute Gasteiger partial charge is 0.264 e. The number of aromatic nitrogens is 2. The summed E-state index contributed by atoms with van der Waals surface area (Å²) < 4.78 is 38.4. The quantitative estimate of drug-likeness (QED) is 0.340. The first kappa shape index (κ1) is 22.9. The maximum absolute atomic E-state index is 12.8. The van der Waals surface area contributed by atoms with E-state index in [2.05, 4.69) is 14.7 Å². The summed E-state index contributed by atoms with van der Waals surface area (Å²) in [6.07, 6.45) is 1.49. The topological polar surface area (TPSA) is 137 Å². The largest absolute Gasteiger partial charge is 0.507 e. The van der Waals surface area contributed by atoms with E-state index in [4.69, 9.17) is 15.2 Å². The number of hydrogen-bond donors (Lipinski definition) is 3. The number of ether oxygens (including phenoxy) is 2. The predicted molar refractivity (Wildman–Crippen MR) is 129 cm³/mol. The lowest BCUT2D eigenvalue weighted by Gasteiger charge is -2.14. The number of nitrogens with one attached hydrogen (secondary N) is 1. The summed E-state index contributed by atoms with van der Waals surface area (Å²) >= 11 is 0. The zero-order valence-corrected chi connectivity index (χ0v) is 19.2. The van der Waals surface area contributed by atoms with Crippen LogP contribution in [0.2, 0.25) is 0 Å². The number of rotatable bonds is 7. The molecule has 174 valence electrons. The maximum Gasteiger partial charge on any atom is 0.264 e. The lowest BCUT2D eigenvalue weighted by atomic mass is 10.00. The SMILES string of the molecule is COc1ccc(-c2cnc(NS(=O)(=O)c3ccc(N)cc3)nc2-c2ccc(OC)cc2O)cc1. The molecule has 4 rings (SSSR count). The molecule has 0 saturated heterocycles. The van der Waals surface area contributed by atoms with Gasteiger partial charge in [-0.1, -0.05) is 12.1 Å². The number of aromatic hydroxyl groups is 1. The van der Waals surface area contributed by atoms with Crippen molar-refractivity contribution in [2.24, 2.45) is 0 Å². The molecule has 0 amide bonds. The van der Waals surface area contributed by atoms with Crippen LogP contribution in [0.4, 0.5) is 11.6 Å². The molecule has 0 spiro atoms. The van der Waals surface area contributed by atoms with E-state index in [1.54, 1.807) is 31.4 Å². The number of nitrogen functional groups attached to an aromatic ring is 1. The first-order valence-electron chi connectivity index (χ1n) is 10.1. The molecule has 0 saturated carbocycles. The summed E-state index contributed by atoms with van der Waals surface area (Å²) in [5.74, 6) is 0.899. The molecule has 0 aliphatic heterocycles. The number of sulfonamides is 1. The summed E-state index contributed by atoms with van der Waals surface area (Å²) in [7, 11) is -0.903. The Morgan fingerprint density at radius 1 is 0.882 bits per heavy atom. The molecular weight excluding hydrogens is 456 g/mol. The van der Waals surface area contributed by atoms with Gasteiger partial charge in [0.15, 0.2) is 0 Å². The van der Waals surface area contributed by atoms with E-state index in [1.807, 2.05) is 12.1 Å². The Hall–Kier alpha value is -4.31. The van der Waals surface area contributed by atoms with Gasteiger partial charge in [0.05, 0.1) is 24.8 Å². The molecule has 3 aromatic carbocycles. The van der Waals surface area contributed by atoms with Gasteiger partial charge in [-0.05, 0) is 54.1 Å². The molecular formula is C24H22N4O5S. The van der Waals surface area contributed by atoms with Crippen LogP contribution in [-0.2, 0) is 10.0 Å². The van der Waals surface area contributed by atoms with Gasteiger partial charge >= 0.3 is 0 Å². The van der Waals surface area contributed by atoms with Gasteiger partial charge in [-0.25, -0.2) is 23.1 Å². The van der Waals surface area contributed by atoms with Gasteiger partial charge in [0, 0.05) is 29.1 Å². The van der Waals surface area contributed by atoms with Crippen LogP contribution in [0, 0.1) is 0 Å². The van der Waals surface area contributed by atoms with Crippen LogP contribution in [0.3, 0.4) is 0 Å². The molecule has 0 bridgehead atoms. The fourth-order valence-corrected chi connectivity index (χ4v) is 4.23. The minimum Gasteiger partial charge on any atom is -0.507 e. The van der Waals surface area contributed by atoms with Gasteiger partial charge in [0.2, 0.25) is 5.95 Å². The molecule has 0 unspecified atom stereocenters. The molecule has 0 fully saturated rings. The van der Waals surface area contributed by atoms with E-state index < -0.39 is 10.0 Å². The summed E-state index contributed by atoms with van der Waals surface area (Å²) in [5, 5.41) is 10.6. The van der Waals surface area contributed by atoms with Gasteiger partial charge in [-0.3, -0.25) is 0 Å². The molecule has 0 radical (unpaired) electrons. The number of anilines is 2. The lowest BCUT2D eigenvalue weighted by molar-refractivity contribution is 0.408. The Bertz CT molecular complexity index is 1420. The minimum absolute atomic E-state index is 0.0124. The van der Waals surface area contributed by atoms with Crippen LogP contribution in [-0.4, -0.2) is 37.7 Å². The Balaban J connectivity index is 1.81. The standard InChI is InChI=1S/C24H22N4O5S/c1-32-17-7-3-15(4-8-17)21-14-26-24(28-34(30,31)19-10-5-16(25)6-11-19)27-23(21)20-12-9-18(33-2)13-22(20)29/h3-14,29H,25H2,1-2H3,(H,26,27,28). The molecule has 0 atom stereocenters. The number of nitrogens with two attached hydrogens (primary N) is 1. The third kappa shape index (κ3) is 4.71. The summed E-state index contributed by atoms with van der Waals surface area (Å²) in [6.45, 7) is 0. The first-order chi connectivity index (χ1) is 16.3. The van der Waals surface area contributed by atoms with Crippen LogP contribution in [0.1, 0.15) is 0 Å². The average Bonchev–Trinajstić information content (AvgIpc) is 2.84. The highest BCUT2D eigenvalue weighted by atomic mass is 32.2. The molecule has 0 aliphatic rings. The van der Waals surface area contributed by atoms with Crippen molar-refractivity contribution in [3.63, 3.8) is 0 Å². The van der Waals surface area contributed by atoms with Gasteiger partial charge in [-0.2, -0.15) is 0 Å². The van der Waals surface area contributed by atoms with Gasteiger partial charge in [0.1, 0.15) is 17.2 Å². The van der Waals surface area contributed by atoms with E-state index in [-0.39, 0.29) is 16.6 Å². The second-order valence-corrected chi connectivity index (χ2v) is 8.92. The highest BCUT2D eigenvalue weighted by molar-refractivity contribution is 7.92. The third-order valence-corrected chi connectivity index (χ3v) is 6.41. The van der Waals surface area contributed by atoms with Crippen molar-refractivity contribution in [3.05, 3.63) is 72.9 Å². The zero-order valence-electron chi connectivity index (χ0n) is 18.4. The maximum atomic E-state index is 12.8. The molecule has 1 aromatic heterocycles. The van der Waals surface area contributed by atoms with Crippen molar-refractivity contribution < 1.29 is 23.0 Å². The molecule has 34 heavy (non-hydrogen) atoms. The van der Waals surface area contributed by atoms with Crippen LogP contribution in [0.15, 0.2) is 77.8 Å². The van der Waals surface area contributed by atoms with Crippen molar-refractivity contribution in [2.75, 3.05) is 24.7 Å². The van der Waals surface area contributed by atoms with Crippen molar-refractivity contribution in [1.82, 2.24) is 9.97 Å². The predicted octanol–water partition coefficient (Wildman–Crippen LogP) is 3.92. The minimum atomic E-state index is -3.97. The normalized spacial score (nSPS) is 11.1. The van der Waals surface area contributed by atoms with Crippen molar-refractivity contribution in [1.29, 1.82) is 0 Å². The third-order valence-electron chi connectivity index (χ3n) is 5.07. The highest BCUT2D eigenvalue weighted by Crippen LogP contribution is 2.38. The summed E-state index contributed by atoms with van der Waals surface area (Å²) in [4.78, 5) is 8.67. The summed E-state index contributed by atoms with van der Waals surface area (Å²) in [6, 6.07) is 17.7. The molecule has 10 heteroatoms. The number of phenolic OH excluding ortho intramolecular Hbond substituents is 1. The summed E-state index contributed by atoms with van der Waals surface area (Å²) in [5.41, 5.74) is 8.13.